The number of nitrogen functional groups attached to an aromatic ring is 1. The molecule has 1 aliphatic heterocycles. The quantitative estimate of drug-likeness (QED) is 0.906. The summed E-state index contributed by atoms with van der Waals surface area (Å²) in [5.41, 5.74) is 6.58. The highest BCUT2D eigenvalue weighted by Gasteiger charge is 2.24. The number of H-pyrrole nitrogens is 1. The highest BCUT2D eigenvalue weighted by Crippen LogP contribution is 2.25. The molecule has 0 amide bonds. The number of aromatic nitrogens is 3. The molecular formula is C14H18ClN6. The number of hydrogen-bond acceptors (Lipinski definition) is 5. The van der Waals surface area contributed by atoms with Gasteiger partial charge < -0.3 is 15.5 Å². The molecule has 1 aliphatic rings. The van der Waals surface area contributed by atoms with Crippen LogP contribution in [0.3, 0.4) is 0 Å². The predicted octanol–water partition coefficient (Wildman–Crippen LogP) is 1.95. The Morgan fingerprint density at radius 2 is 2.19 bits per heavy atom. The summed E-state index contributed by atoms with van der Waals surface area (Å²) in [6.45, 7) is 1.84. The van der Waals surface area contributed by atoms with Crippen molar-refractivity contribution >= 4 is 29.2 Å². The second kappa shape index (κ2) is 5.81. The van der Waals surface area contributed by atoms with Crippen LogP contribution in [0.25, 0.3) is 0 Å². The Bertz CT molecular complexity index is 605. The number of aromatic amines is 1. The minimum Gasteiger partial charge on any atom is -0.371 e. The zero-order valence-electron chi connectivity index (χ0n) is 11.9. The van der Waals surface area contributed by atoms with E-state index < -0.39 is 0 Å². The number of benzene rings is 1. The van der Waals surface area contributed by atoms with Crippen molar-refractivity contribution in [1.29, 1.82) is 0 Å². The molecule has 7 heteroatoms. The average Bonchev–Trinajstić information content (AvgIpc) is 2.93. The molecule has 0 unspecified atom stereocenters. The normalized spacial score (nSPS) is 16.2. The molecule has 1 saturated heterocycles. The number of halogens is 1. The van der Waals surface area contributed by atoms with Crippen molar-refractivity contribution in [2.75, 3.05) is 35.7 Å². The molecule has 21 heavy (non-hydrogen) atoms. The van der Waals surface area contributed by atoms with Crippen molar-refractivity contribution in [2.24, 2.45) is 0 Å². The van der Waals surface area contributed by atoms with E-state index in [2.05, 4.69) is 38.1 Å². The van der Waals surface area contributed by atoms with E-state index in [0.29, 0.717) is 11.1 Å². The highest BCUT2D eigenvalue weighted by atomic mass is 35.5. The molecule has 0 bridgehead atoms. The molecule has 0 aliphatic carbocycles. The number of piperidine rings is 1. The first-order valence-electron chi connectivity index (χ1n) is 6.97. The van der Waals surface area contributed by atoms with Crippen LogP contribution in [-0.4, -0.2) is 41.4 Å². The van der Waals surface area contributed by atoms with Gasteiger partial charge in [0.2, 0.25) is 11.9 Å². The number of nitrogens with one attached hydrogen (secondary N) is 1. The molecule has 2 aromatic rings. The van der Waals surface area contributed by atoms with Gasteiger partial charge in [0.25, 0.3) is 0 Å². The summed E-state index contributed by atoms with van der Waals surface area (Å²) >= 11 is 6.01. The van der Waals surface area contributed by atoms with Crippen LogP contribution in [-0.2, 0) is 0 Å². The summed E-state index contributed by atoms with van der Waals surface area (Å²) in [7, 11) is 2.09. The maximum atomic E-state index is 6.01. The van der Waals surface area contributed by atoms with Crippen molar-refractivity contribution in [3.8, 4) is 0 Å². The fraction of sp³-hybridized carbons (Fsp3) is 0.429. The largest absolute Gasteiger partial charge is 0.371 e. The van der Waals surface area contributed by atoms with E-state index in [9.17, 15) is 0 Å². The third-order valence-corrected chi connectivity index (χ3v) is 4.15. The number of hydrogen-bond donors (Lipinski definition) is 2. The van der Waals surface area contributed by atoms with Gasteiger partial charge in [0.1, 0.15) is 0 Å². The van der Waals surface area contributed by atoms with Gasteiger partial charge in [0.05, 0.1) is 5.02 Å². The van der Waals surface area contributed by atoms with Crippen LogP contribution < -0.4 is 15.5 Å². The Labute approximate surface area is 128 Å². The molecule has 0 spiro atoms. The van der Waals surface area contributed by atoms with Gasteiger partial charge in [0.15, 0.2) is 0 Å². The molecule has 0 saturated carbocycles. The molecule has 3 N–H and O–H groups in total. The summed E-state index contributed by atoms with van der Waals surface area (Å²) < 4.78 is 0. The Balaban J connectivity index is 1.63. The highest BCUT2D eigenvalue weighted by molar-refractivity contribution is 6.30. The van der Waals surface area contributed by atoms with Crippen LogP contribution in [0.4, 0.5) is 17.6 Å². The van der Waals surface area contributed by atoms with Gasteiger partial charge in [-0.1, -0.05) is 17.7 Å². The molecule has 2 heterocycles. The van der Waals surface area contributed by atoms with Crippen molar-refractivity contribution in [3.05, 3.63) is 29.3 Å². The van der Waals surface area contributed by atoms with Gasteiger partial charge in [0, 0.05) is 37.9 Å². The minimum absolute atomic E-state index is 0.290. The van der Waals surface area contributed by atoms with E-state index in [-0.39, 0.29) is 5.95 Å². The van der Waals surface area contributed by atoms with Crippen molar-refractivity contribution in [1.82, 2.24) is 15.2 Å². The molecule has 0 atom stereocenters. The first kappa shape index (κ1) is 14.0. The van der Waals surface area contributed by atoms with Crippen molar-refractivity contribution < 1.29 is 0 Å². The van der Waals surface area contributed by atoms with Crippen LogP contribution in [0.1, 0.15) is 12.8 Å². The van der Waals surface area contributed by atoms with E-state index in [1.165, 1.54) is 0 Å². The van der Waals surface area contributed by atoms with Crippen molar-refractivity contribution in [3.63, 3.8) is 0 Å². The molecule has 3 rings (SSSR count). The summed E-state index contributed by atoms with van der Waals surface area (Å²) in [6, 6.07) is 9.49. The summed E-state index contributed by atoms with van der Waals surface area (Å²) in [5, 5.41) is 7.38. The topological polar surface area (TPSA) is 74.1 Å². The van der Waals surface area contributed by atoms with Crippen LogP contribution in [0.2, 0.25) is 5.02 Å². The van der Waals surface area contributed by atoms with Gasteiger partial charge in [-0.25, -0.2) is 5.10 Å². The Hall–Kier alpha value is -1.95. The van der Waals surface area contributed by atoms with Crippen LogP contribution in [0, 0.1) is 6.07 Å². The van der Waals surface area contributed by atoms with Gasteiger partial charge in [-0.05, 0) is 25.0 Å². The summed E-state index contributed by atoms with van der Waals surface area (Å²) in [4.78, 5) is 8.60. The molecule has 1 radical (unpaired) electrons. The monoisotopic (exact) mass is 305 g/mol. The third kappa shape index (κ3) is 3.05. The SMILES string of the molecule is CN(c1[c]c(Cl)ccc1)C1CCN(c2nc(N)n[nH]2)CC1. The first-order valence-corrected chi connectivity index (χ1v) is 7.35. The zero-order chi connectivity index (χ0) is 14.8. The second-order valence-electron chi connectivity index (χ2n) is 5.23. The Morgan fingerprint density at radius 1 is 1.43 bits per heavy atom. The van der Waals surface area contributed by atoms with E-state index in [1.54, 1.807) is 0 Å². The number of rotatable bonds is 3. The van der Waals surface area contributed by atoms with Crippen LogP contribution in [0.5, 0.6) is 0 Å². The first-order chi connectivity index (χ1) is 10.1. The zero-order valence-corrected chi connectivity index (χ0v) is 12.6. The van der Waals surface area contributed by atoms with Gasteiger partial charge in [-0.2, -0.15) is 4.98 Å². The number of anilines is 3. The van der Waals surface area contributed by atoms with E-state index >= 15 is 0 Å². The smallest absolute Gasteiger partial charge is 0.241 e. The summed E-state index contributed by atoms with van der Waals surface area (Å²) in [6.07, 6.45) is 2.08. The van der Waals surface area contributed by atoms with Gasteiger partial charge >= 0.3 is 0 Å². The van der Waals surface area contributed by atoms with Crippen LogP contribution in [0.15, 0.2) is 18.2 Å². The summed E-state index contributed by atoms with van der Waals surface area (Å²) in [5.74, 6) is 1.04. The van der Waals surface area contributed by atoms with E-state index in [0.717, 1.165) is 37.6 Å². The average molecular weight is 306 g/mol. The van der Waals surface area contributed by atoms with Crippen LogP contribution >= 0.6 is 11.6 Å². The van der Waals surface area contributed by atoms with Crippen molar-refractivity contribution in [2.45, 2.75) is 18.9 Å². The van der Waals surface area contributed by atoms with Gasteiger partial charge in [-0.3, -0.25) is 0 Å². The fourth-order valence-corrected chi connectivity index (χ4v) is 2.87. The van der Waals surface area contributed by atoms with E-state index in [4.69, 9.17) is 17.3 Å². The standard InChI is InChI=1S/C14H18ClN6/c1-20(12-4-2-3-10(15)9-12)11-5-7-21(8-6-11)14-17-13(16)18-19-14/h2-4,11H,5-8H2,1H3,(H3,16,17,18,19). The maximum absolute atomic E-state index is 6.01. The number of nitrogens with two attached hydrogens (primary N) is 1. The Kier molecular flexibility index (Phi) is 3.88. The number of nitrogens with zero attached hydrogens (tertiary/aromatic N) is 4. The fourth-order valence-electron chi connectivity index (χ4n) is 2.70. The predicted molar refractivity (Wildman–Crippen MR) is 84.7 cm³/mol. The molecular weight excluding hydrogens is 288 g/mol. The molecule has 6 nitrogen and oxygen atoms in total. The maximum Gasteiger partial charge on any atom is 0.241 e. The lowest BCUT2D eigenvalue weighted by Gasteiger charge is -2.37. The minimum atomic E-state index is 0.290. The molecule has 111 valence electrons. The third-order valence-electron chi connectivity index (χ3n) is 3.93. The Morgan fingerprint density at radius 3 is 2.81 bits per heavy atom. The lowest BCUT2D eigenvalue weighted by molar-refractivity contribution is 0.478. The van der Waals surface area contributed by atoms with Gasteiger partial charge in [-0.15, -0.1) is 5.10 Å². The lowest BCUT2D eigenvalue weighted by Crippen LogP contribution is -2.44. The lowest BCUT2D eigenvalue weighted by atomic mass is 10.0. The molecule has 1 aromatic carbocycles. The molecule has 1 aromatic heterocycles. The molecule has 1 fully saturated rings. The second-order valence-corrected chi connectivity index (χ2v) is 5.64. The van der Waals surface area contributed by atoms with E-state index in [1.807, 2.05) is 18.2 Å².